The van der Waals surface area contributed by atoms with E-state index in [0.29, 0.717) is 25.9 Å². The van der Waals surface area contributed by atoms with Crippen molar-refractivity contribution in [1.82, 2.24) is 9.80 Å². The number of rotatable bonds is 6. The Bertz CT molecular complexity index is 848. The summed E-state index contributed by atoms with van der Waals surface area (Å²) < 4.78 is 40.0. The lowest BCUT2D eigenvalue weighted by Gasteiger charge is -2.41. The zero-order chi connectivity index (χ0) is 25.7. The van der Waals surface area contributed by atoms with Gasteiger partial charge < -0.3 is 19.3 Å². The van der Waals surface area contributed by atoms with Crippen LogP contribution in [0.4, 0.5) is 18.4 Å². The standard InChI is InChI=1S/C27H40F2N2O4/c1-25(2,3)35-24(33)31-18-15-27(28,29)22(19-31)11-8-12-26(4)13-16-30(17-14-26)23(32)34-20-21-9-6-5-7-10-21/h5-7,9-10,22H,8,11-20H2,1-4H3. The SMILES string of the molecule is CC1(CCCC2CN(C(=O)OC(C)(C)C)CCC2(F)F)CCN(C(=O)OCc2ccccc2)CC1. The van der Waals surface area contributed by atoms with Crippen molar-refractivity contribution in [2.75, 3.05) is 26.2 Å². The van der Waals surface area contributed by atoms with Crippen LogP contribution in [0.5, 0.6) is 0 Å². The third-order valence-corrected chi connectivity index (χ3v) is 7.17. The number of halogens is 2. The molecule has 0 bridgehead atoms. The molecule has 1 atom stereocenters. The van der Waals surface area contributed by atoms with Crippen molar-refractivity contribution in [3.05, 3.63) is 35.9 Å². The maximum absolute atomic E-state index is 14.6. The summed E-state index contributed by atoms with van der Waals surface area (Å²) in [6, 6.07) is 9.58. The average molecular weight is 495 g/mol. The van der Waals surface area contributed by atoms with Crippen molar-refractivity contribution in [3.63, 3.8) is 0 Å². The molecule has 0 aromatic heterocycles. The van der Waals surface area contributed by atoms with Crippen molar-refractivity contribution < 1.29 is 27.8 Å². The predicted molar refractivity (Wildman–Crippen MR) is 130 cm³/mol. The zero-order valence-electron chi connectivity index (χ0n) is 21.5. The van der Waals surface area contributed by atoms with E-state index in [4.69, 9.17) is 9.47 Å². The molecule has 0 N–H and O–H groups in total. The van der Waals surface area contributed by atoms with Crippen LogP contribution in [0, 0.1) is 11.3 Å². The van der Waals surface area contributed by atoms with Gasteiger partial charge in [-0.2, -0.15) is 0 Å². The van der Waals surface area contributed by atoms with E-state index in [0.717, 1.165) is 24.8 Å². The Morgan fingerprint density at radius 2 is 1.63 bits per heavy atom. The summed E-state index contributed by atoms with van der Waals surface area (Å²) in [4.78, 5) is 28.0. The quantitative estimate of drug-likeness (QED) is 0.454. The molecule has 2 fully saturated rings. The molecule has 2 amide bonds. The second-order valence-corrected chi connectivity index (χ2v) is 11.4. The summed E-state index contributed by atoms with van der Waals surface area (Å²) in [6.45, 7) is 9.01. The summed E-state index contributed by atoms with van der Waals surface area (Å²) in [5.41, 5.74) is 0.307. The van der Waals surface area contributed by atoms with E-state index in [2.05, 4.69) is 6.92 Å². The van der Waals surface area contributed by atoms with Gasteiger partial charge in [-0.1, -0.05) is 43.7 Å². The van der Waals surface area contributed by atoms with Crippen molar-refractivity contribution in [3.8, 4) is 0 Å². The Labute approximate surface area is 207 Å². The van der Waals surface area contributed by atoms with Gasteiger partial charge in [0.1, 0.15) is 12.2 Å². The first-order valence-corrected chi connectivity index (χ1v) is 12.7. The van der Waals surface area contributed by atoms with Crippen LogP contribution in [0.1, 0.15) is 71.8 Å². The molecule has 0 spiro atoms. The Kier molecular flexibility index (Phi) is 8.65. The summed E-state index contributed by atoms with van der Waals surface area (Å²) in [7, 11) is 0. The molecule has 8 heteroatoms. The summed E-state index contributed by atoms with van der Waals surface area (Å²) in [5, 5.41) is 0. The topological polar surface area (TPSA) is 59.1 Å². The number of alkyl halides is 2. The van der Waals surface area contributed by atoms with Gasteiger partial charge in [0.05, 0.1) is 0 Å². The van der Waals surface area contributed by atoms with Gasteiger partial charge in [-0.3, -0.25) is 0 Å². The van der Waals surface area contributed by atoms with Gasteiger partial charge in [0.25, 0.3) is 5.92 Å². The van der Waals surface area contributed by atoms with Crippen LogP contribution in [0.3, 0.4) is 0 Å². The monoisotopic (exact) mass is 494 g/mol. The van der Waals surface area contributed by atoms with Gasteiger partial charge in [0.15, 0.2) is 0 Å². The zero-order valence-corrected chi connectivity index (χ0v) is 21.5. The largest absolute Gasteiger partial charge is 0.445 e. The Balaban J connectivity index is 1.42. The van der Waals surface area contributed by atoms with Gasteiger partial charge in [-0.25, -0.2) is 18.4 Å². The average Bonchev–Trinajstić information content (AvgIpc) is 2.78. The van der Waals surface area contributed by atoms with Crippen molar-refractivity contribution in [2.24, 2.45) is 11.3 Å². The number of carbonyl (C=O) groups is 2. The number of benzene rings is 1. The van der Waals surface area contributed by atoms with Crippen LogP contribution in [0.15, 0.2) is 30.3 Å². The Morgan fingerprint density at radius 3 is 2.26 bits per heavy atom. The fraction of sp³-hybridized carbons (Fsp3) is 0.704. The molecule has 1 aromatic rings. The lowest BCUT2D eigenvalue weighted by atomic mass is 9.75. The third kappa shape index (κ3) is 8.07. The number of carbonyl (C=O) groups excluding carboxylic acids is 2. The van der Waals surface area contributed by atoms with Gasteiger partial charge in [-0.05, 0) is 57.4 Å². The van der Waals surface area contributed by atoms with Gasteiger partial charge >= 0.3 is 12.2 Å². The van der Waals surface area contributed by atoms with Crippen LogP contribution in [-0.2, 0) is 16.1 Å². The maximum Gasteiger partial charge on any atom is 0.410 e. The minimum absolute atomic E-state index is 0.00498. The first-order valence-electron chi connectivity index (χ1n) is 12.7. The normalized spacial score (nSPS) is 21.9. The van der Waals surface area contributed by atoms with Crippen LogP contribution in [0.25, 0.3) is 0 Å². The summed E-state index contributed by atoms with van der Waals surface area (Å²) in [6.07, 6.45) is 2.34. The van der Waals surface area contributed by atoms with Crippen LogP contribution in [0.2, 0.25) is 0 Å². The number of hydrogen-bond acceptors (Lipinski definition) is 4. The van der Waals surface area contributed by atoms with E-state index in [1.54, 1.807) is 25.7 Å². The van der Waals surface area contributed by atoms with Crippen LogP contribution in [-0.4, -0.2) is 59.7 Å². The second kappa shape index (κ2) is 11.1. The number of ether oxygens (including phenoxy) is 2. The molecule has 2 saturated heterocycles. The molecule has 1 unspecified atom stereocenters. The molecule has 0 aliphatic carbocycles. The third-order valence-electron chi connectivity index (χ3n) is 7.17. The summed E-state index contributed by atoms with van der Waals surface area (Å²) >= 11 is 0. The maximum atomic E-state index is 14.6. The molecule has 1 aromatic carbocycles. The molecule has 6 nitrogen and oxygen atoms in total. The van der Waals surface area contributed by atoms with E-state index in [9.17, 15) is 18.4 Å². The molecule has 35 heavy (non-hydrogen) atoms. The number of likely N-dealkylation sites (tertiary alicyclic amines) is 2. The lowest BCUT2D eigenvalue weighted by Crippen LogP contribution is -2.50. The molecule has 2 heterocycles. The van der Waals surface area contributed by atoms with Gasteiger partial charge in [-0.15, -0.1) is 0 Å². The lowest BCUT2D eigenvalue weighted by molar-refractivity contribution is -0.108. The summed E-state index contributed by atoms with van der Waals surface area (Å²) in [5.74, 6) is -3.63. The molecule has 2 aliphatic rings. The Morgan fingerprint density at radius 1 is 1.00 bits per heavy atom. The number of amides is 2. The van der Waals surface area contributed by atoms with Crippen LogP contribution >= 0.6 is 0 Å². The van der Waals surface area contributed by atoms with Crippen molar-refractivity contribution >= 4 is 12.2 Å². The number of hydrogen-bond donors (Lipinski definition) is 0. The van der Waals surface area contributed by atoms with E-state index in [1.165, 1.54) is 4.90 Å². The van der Waals surface area contributed by atoms with Crippen molar-refractivity contribution in [2.45, 2.75) is 84.4 Å². The van der Waals surface area contributed by atoms with E-state index >= 15 is 0 Å². The highest BCUT2D eigenvalue weighted by molar-refractivity contribution is 5.68. The fourth-order valence-corrected chi connectivity index (χ4v) is 4.84. The van der Waals surface area contributed by atoms with E-state index in [1.807, 2.05) is 30.3 Å². The molecular weight excluding hydrogens is 454 g/mol. The number of piperidine rings is 2. The number of nitrogens with zero attached hydrogens (tertiary/aromatic N) is 2. The molecule has 2 aliphatic heterocycles. The van der Waals surface area contributed by atoms with E-state index < -0.39 is 23.5 Å². The van der Waals surface area contributed by atoms with Crippen LogP contribution < -0.4 is 0 Å². The highest BCUT2D eigenvalue weighted by Gasteiger charge is 2.45. The van der Waals surface area contributed by atoms with Gasteiger partial charge in [0.2, 0.25) is 0 Å². The molecule has 3 rings (SSSR count). The fourth-order valence-electron chi connectivity index (χ4n) is 4.84. The highest BCUT2D eigenvalue weighted by Crippen LogP contribution is 2.40. The first-order chi connectivity index (χ1) is 16.4. The van der Waals surface area contributed by atoms with Crippen molar-refractivity contribution in [1.29, 1.82) is 0 Å². The second-order valence-electron chi connectivity index (χ2n) is 11.4. The molecular formula is C27H40F2N2O4. The minimum Gasteiger partial charge on any atom is -0.445 e. The smallest absolute Gasteiger partial charge is 0.410 e. The molecule has 0 radical (unpaired) electrons. The van der Waals surface area contributed by atoms with Gasteiger partial charge in [0, 0.05) is 38.5 Å². The minimum atomic E-state index is -2.77. The highest BCUT2D eigenvalue weighted by atomic mass is 19.3. The first kappa shape index (κ1) is 27.2. The Hall–Kier alpha value is -2.38. The molecule has 196 valence electrons. The molecule has 0 saturated carbocycles. The van der Waals surface area contributed by atoms with E-state index in [-0.39, 0.29) is 37.6 Å². The predicted octanol–water partition coefficient (Wildman–Crippen LogP) is 6.49.